The summed E-state index contributed by atoms with van der Waals surface area (Å²) in [5, 5.41) is 12.8. The van der Waals surface area contributed by atoms with Crippen molar-refractivity contribution in [3.8, 4) is 17.2 Å². The summed E-state index contributed by atoms with van der Waals surface area (Å²) >= 11 is 0. The van der Waals surface area contributed by atoms with Gasteiger partial charge in [-0.15, -0.1) is 0 Å². The number of nitrogens with one attached hydrogen (secondary N) is 1. The Morgan fingerprint density at radius 2 is 1.95 bits per heavy atom. The number of aromatic nitrogens is 1. The number of halogens is 1. The molecule has 0 radical (unpaired) electrons. The highest BCUT2D eigenvalue weighted by atomic mass is 19.1. The number of carbonyl (C=O) groups is 3. The summed E-state index contributed by atoms with van der Waals surface area (Å²) in [4.78, 5) is 43.8. The number of nitriles is 1. The molecule has 210 valence electrons. The Balaban J connectivity index is 1.25. The minimum Gasteiger partial charge on any atom is -0.444 e. The molecule has 5 rings (SSSR count). The zero-order valence-electron chi connectivity index (χ0n) is 22.9. The molecule has 2 unspecified atom stereocenters. The van der Waals surface area contributed by atoms with Crippen molar-refractivity contribution in [1.82, 2.24) is 15.2 Å². The third-order valence-electron chi connectivity index (χ3n) is 7.70. The summed E-state index contributed by atoms with van der Waals surface area (Å²) in [5.74, 6) is -0.732. The molecule has 3 fully saturated rings. The van der Waals surface area contributed by atoms with Gasteiger partial charge in [0.1, 0.15) is 22.9 Å². The molecule has 3 heterocycles. The summed E-state index contributed by atoms with van der Waals surface area (Å²) in [6, 6.07) is 10.4. The molecule has 2 aliphatic heterocycles. The number of cyclic esters (lactones) is 1. The minimum atomic E-state index is -0.775. The fourth-order valence-corrected chi connectivity index (χ4v) is 5.60. The molecule has 1 saturated carbocycles. The van der Waals surface area contributed by atoms with E-state index in [2.05, 4.69) is 16.4 Å². The van der Waals surface area contributed by atoms with Crippen LogP contribution in [0.2, 0.25) is 0 Å². The molecule has 11 heteroatoms. The molecular weight excluding hydrogens is 517 g/mol. The first-order chi connectivity index (χ1) is 19.0. The lowest BCUT2D eigenvalue weighted by molar-refractivity contribution is -0.121. The average molecular weight is 550 g/mol. The second-order valence-corrected chi connectivity index (χ2v) is 11.4. The first-order valence-electron chi connectivity index (χ1n) is 13.4. The number of benzene rings is 1. The van der Waals surface area contributed by atoms with Crippen LogP contribution in [-0.4, -0.2) is 65.9 Å². The van der Waals surface area contributed by atoms with Gasteiger partial charge in [-0.2, -0.15) is 5.26 Å². The van der Waals surface area contributed by atoms with Crippen LogP contribution in [0.4, 0.5) is 19.7 Å². The first-order valence-corrected chi connectivity index (χ1v) is 13.4. The Morgan fingerprint density at radius 1 is 1.23 bits per heavy atom. The lowest BCUT2D eigenvalue weighted by Gasteiger charge is -2.27. The molecular formula is C29H32FN5O5. The van der Waals surface area contributed by atoms with Crippen molar-refractivity contribution in [2.75, 3.05) is 31.1 Å². The van der Waals surface area contributed by atoms with Crippen molar-refractivity contribution in [3.63, 3.8) is 0 Å². The van der Waals surface area contributed by atoms with Gasteiger partial charge in [0.15, 0.2) is 0 Å². The Morgan fingerprint density at radius 3 is 2.52 bits per heavy atom. The Bertz CT molecular complexity index is 1370. The maximum absolute atomic E-state index is 15.2. The van der Waals surface area contributed by atoms with E-state index in [9.17, 15) is 19.6 Å². The monoisotopic (exact) mass is 549 g/mol. The highest BCUT2D eigenvalue weighted by molar-refractivity contribution is 5.90. The number of rotatable bonds is 6. The number of hydrogen-bond donors (Lipinski definition) is 1. The number of hydrogen-bond acceptors (Lipinski definition) is 7. The van der Waals surface area contributed by atoms with Gasteiger partial charge < -0.3 is 19.7 Å². The fraction of sp³-hybridized carbons (Fsp3) is 0.483. The van der Waals surface area contributed by atoms with Crippen LogP contribution < -0.4 is 10.2 Å². The number of amides is 3. The average Bonchev–Trinajstić information content (AvgIpc) is 3.19. The van der Waals surface area contributed by atoms with Crippen molar-refractivity contribution in [2.45, 2.75) is 51.2 Å². The number of fused-ring (bicyclic) bond motifs is 1. The van der Waals surface area contributed by atoms with Crippen molar-refractivity contribution < 1.29 is 28.2 Å². The van der Waals surface area contributed by atoms with E-state index in [0.29, 0.717) is 42.0 Å². The Hall–Kier alpha value is -4.20. The minimum absolute atomic E-state index is 0.0290. The quantitative estimate of drug-likeness (QED) is 0.578. The molecule has 0 bridgehead atoms. The number of piperidine rings is 1. The van der Waals surface area contributed by atoms with Crippen molar-refractivity contribution in [3.05, 3.63) is 48.0 Å². The number of likely N-dealkylation sites (tertiary alicyclic amines) is 1. The predicted molar refractivity (Wildman–Crippen MR) is 143 cm³/mol. The van der Waals surface area contributed by atoms with E-state index < -0.39 is 29.0 Å². The van der Waals surface area contributed by atoms with E-state index in [4.69, 9.17) is 9.47 Å². The molecule has 1 aliphatic carbocycles. The maximum Gasteiger partial charge on any atom is 0.414 e. The van der Waals surface area contributed by atoms with Crippen LogP contribution >= 0.6 is 0 Å². The Kier molecular flexibility index (Phi) is 6.90. The maximum atomic E-state index is 15.2. The van der Waals surface area contributed by atoms with E-state index >= 15 is 4.39 Å². The van der Waals surface area contributed by atoms with Gasteiger partial charge in [-0.3, -0.25) is 14.7 Å². The lowest BCUT2D eigenvalue weighted by atomic mass is 9.95. The van der Waals surface area contributed by atoms with Crippen LogP contribution in [-0.2, 0) is 19.7 Å². The van der Waals surface area contributed by atoms with E-state index in [1.165, 1.54) is 11.0 Å². The molecule has 2 aromatic rings. The van der Waals surface area contributed by atoms with Crippen LogP contribution in [0.3, 0.4) is 0 Å². The van der Waals surface area contributed by atoms with Crippen LogP contribution in [0.25, 0.3) is 11.1 Å². The molecule has 0 spiro atoms. The summed E-state index contributed by atoms with van der Waals surface area (Å²) in [6.07, 6.45) is 0.375. The molecule has 1 aromatic carbocycles. The van der Waals surface area contributed by atoms with E-state index in [1.807, 2.05) is 20.8 Å². The number of nitrogens with zero attached hydrogens (tertiary/aromatic N) is 4. The van der Waals surface area contributed by atoms with Gasteiger partial charge in [-0.1, -0.05) is 13.0 Å². The Labute approximate surface area is 232 Å². The third-order valence-corrected chi connectivity index (χ3v) is 7.70. The second-order valence-electron chi connectivity index (χ2n) is 11.4. The number of ether oxygens (including phenoxy) is 2. The molecule has 40 heavy (non-hydrogen) atoms. The van der Waals surface area contributed by atoms with E-state index in [1.54, 1.807) is 42.3 Å². The summed E-state index contributed by atoms with van der Waals surface area (Å²) in [7, 11) is 0. The molecule has 3 aliphatic rings. The van der Waals surface area contributed by atoms with Gasteiger partial charge in [-0.05, 0) is 45.0 Å². The van der Waals surface area contributed by atoms with Crippen LogP contribution in [0.5, 0.6) is 0 Å². The van der Waals surface area contributed by atoms with Crippen LogP contribution in [0.15, 0.2) is 36.5 Å². The zero-order valence-corrected chi connectivity index (χ0v) is 22.9. The molecule has 1 aromatic heterocycles. The van der Waals surface area contributed by atoms with Gasteiger partial charge in [0.2, 0.25) is 5.91 Å². The number of anilines is 1. The molecule has 1 N–H and O–H groups in total. The number of carbonyl (C=O) groups excluding carboxylic acids is 3. The standard InChI is InChI=1S/C29H32FN5O5/c1-5-25(36)33-12-19-13-35(27(38)39-19)18-7-8-20(23(30)10-18)17-6-9-24(32-11-17)29(16-31)21-14-34(15-22(21)29)26(37)40-28(2,3)4/h6-11,19,21-22H,5,12-15H2,1-4H3,(H,33,36)/t19-,21?,22?,29?/m0/s1. The SMILES string of the molecule is CCC(=O)NC[C@H]1CN(c2ccc(-c3ccc(C4(C#N)C5CN(C(=O)OC(C)(C)C)CC54)nc3)c(F)c2)C(=O)O1. The van der Waals surface area contributed by atoms with Crippen LogP contribution in [0.1, 0.15) is 39.8 Å². The lowest BCUT2D eigenvalue weighted by Crippen LogP contribution is -2.39. The van der Waals surface area contributed by atoms with Crippen LogP contribution in [0, 0.1) is 29.0 Å². The summed E-state index contributed by atoms with van der Waals surface area (Å²) < 4.78 is 25.9. The van der Waals surface area contributed by atoms with Crippen molar-refractivity contribution >= 4 is 23.8 Å². The molecule has 3 amide bonds. The van der Waals surface area contributed by atoms with Gasteiger partial charge in [0, 0.05) is 48.7 Å². The predicted octanol–water partition coefficient (Wildman–Crippen LogP) is 4.00. The smallest absolute Gasteiger partial charge is 0.414 e. The molecule has 3 atom stereocenters. The van der Waals surface area contributed by atoms with E-state index in [0.717, 1.165) is 0 Å². The van der Waals surface area contributed by atoms with Crippen molar-refractivity contribution in [1.29, 1.82) is 5.26 Å². The molecule has 10 nitrogen and oxygen atoms in total. The van der Waals surface area contributed by atoms with Gasteiger partial charge in [-0.25, -0.2) is 14.0 Å². The summed E-state index contributed by atoms with van der Waals surface area (Å²) in [6.45, 7) is 8.42. The highest BCUT2D eigenvalue weighted by Gasteiger charge is 2.71. The highest BCUT2D eigenvalue weighted by Crippen LogP contribution is 2.62. The normalized spacial score (nSPS) is 25.2. The van der Waals surface area contributed by atoms with Gasteiger partial charge in [0.25, 0.3) is 0 Å². The van der Waals surface area contributed by atoms with Gasteiger partial charge in [0.05, 0.1) is 30.5 Å². The largest absolute Gasteiger partial charge is 0.444 e. The van der Waals surface area contributed by atoms with Crippen molar-refractivity contribution in [2.24, 2.45) is 11.8 Å². The number of pyridine rings is 1. The second kappa shape index (κ2) is 10.1. The van der Waals surface area contributed by atoms with E-state index in [-0.39, 0.29) is 36.9 Å². The fourth-order valence-electron chi connectivity index (χ4n) is 5.60. The summed E-state index contributed by atoms with van der Waals surface area (Å²) in [5.41, 5.74) is 0.433. The molecule has 2 saturated heterocycles. The zero-order chi connectivity index (χ0) is 28.8. The third kappa shape index (κ3) is 4.94. The van der Waals surface area contributed by atoms with Gasteiger partial charge >= 0.3 is 12.2 Å². The topological polar surface area (TPSA) is 125 Å². The first kappa shape index (κ1) is 27.4.